The zero-order valence-corrected chi connectivity index (χ0v) is 11.4. The second kappa shape index (κ2) is 5.63. The summed E-state index contributed by atoms with van der Waals surface area (Å²) in [4.78, 5) is 24.8. The Morgan fingerprint density at radius 2 is 2.17 bits per heavy atom. The molecule has 1 unspecified atom stereocenters. The van der Waals surface area contributed by atoms with Crippen LogP contribution in [0.3, 0.4) is 0 Å². The van der Waals surface area contributed by atoms with Gasteiger partial charge in [-0.1, -0.05) is 34.1 Å². The number of ketones is 1. The van der Waals surface area contributed by atoms with Crippen LogP contribution < -0.4 is 0 Å². The van der Waals surface area contributed by atoms with Crippen molar-refractivity contribution in [2.24, 2.45) is 0 Å². The number of fused-ring (bicyclic) bond motifs is 1. The van der Waals surface area contributed by atoms with Crippen LogP contribution in [0.2, 0.25) is 0 Å². The molecule has 1 aliphatic rings. The summed E-state index contributed by atoms with van der Waals surface area (Å²) in [7, 11) is 0. The van der Waals surface area contributed by atoms with E-state index in [1.165, 1.54) is 4.90 Å². The molecule has 1 heterocycles. The number of halogens is 1. The van der Waals surface area contributed by atoms with E-state index in [-0.39, 0.29) is 30.0 Å². The fourth-order valence-corrected chi connectivity index (χ4v) is 2.35. The summed E-state index contributed by atoms with van der Waals surface area (Å²) in [6.07, 6.45) is -0.156. The van der Waals surface area contributed by atoms with E-state index >= 15 is 0 Å². The van der Waals surface area contributed by atoms with Gasteiger partial charge in [0.05, 0.1) is 5.33 Å². The van der Waals surface area contributed by atoms with Crippen LogP contribution in [-0.4, -0.2) is 39.8 Å². The molecule has 1 aliphatic heterocycles. The van der Waals surface area contributed by atoms with Crippen molar-refractivity contribution in [3.63, 3.8) is 0 Å². The minimum absolute atomic E-state index is 0.0221. The quantitative estimate of drug-likeness (QED) is 0.854. The van der Waals surface area contributed by atoms with Crippen LogP contribution in [0.15, 0.2) is 24.3 Å². The monoisotopic (exact) mass is 311 g/mol. The molecular weight excluding hydrogens is 298 g/mol. The maximum absolute atomic E-state index is 12.2. The van der Waals surface area contributed by atoms with Gasteiger partial charge in [0.25, 0.3) is 5.91 Å². The van der Waals surface area contributed by atoms with Crippen molar-refractivity contribution in [2.45, 2.75) is 19.1 Å². The molecule has 4 nitrogen and oxygen atoms in total. The number of nitrogens with zero attached hydrogens (tertiary/aromatic N) is 1. The van der Waals surface area contributed by atoms with Gasteiger partial charge >= 0.3 is 0 Å². The summed E-state index contributed by atoms with van der Waals surface area (Å²) >= 11 is 3.08. The first kappa shape index (κ1) is 13.2. The van der Waals surface area contributed by atoms with Crippen molar-refractivity contribution in [1.29, 1.82) is 0 Å². The molecule has 18 heavy (non-hydrogen) atoms. The number of hydrogen-bond donors (Lipinski definition) is 1. The van der Waals surface area contributed by atoms with Crippen LogP contribution in [-0.2, 0) is 11.2 Å². The van der Waals surface area contributed by atoms with E-state index in [1.807, 2.05) is 12.1 Å². The molecule has 0 aromatic heterocycles. The molecule has 2 rings (SSSR count). The van der Waals surface area contributed by atoms with Crippen molar-refractivity contribution in [3.05, 3.63) is 35.4 Å². The van der Waals surface area contributed by atoms with Crippen molar-refractivity contribution in [2.75, 3.05) is 11.9 Å². The summed E-state index contributed by atoms with van der Waals surface area (Å²) in [5, 5.41) is 10.2. The number of benzene rings is 1. The number of aliphatic hydroxyl groups is 1. The van der Waals surface area contributed by atoms with Crippen LogP contribution in [0.25, 0.3) is 0 Å². The molecule has 1 atom stereocenters. The summed E-state index contributed by atoms with van der Waals surface area (Å²) in [6.45, 7) is 0.263. The van der Waals surface area contributed by atoms with Crippen LogP contribution in [0.4, 0.5) is 0 Å². The minimum Gasteiger partial charge on any atom is -0.373 e. The smallest absolute Gasteiger partial charge is 0.256 e. The number of carbonyl (C=O) groups is 2. The lowest BCUT2D eigenvalue weighted by atomic mass is 9.97. The first-order chi connectivity index (χ1) is 8.63. The SMILES string of the molecule is O=C(CBr)CCN1C(=O)c2ccccc2CC1O. The van der Waals surface area contributed by atoms with Crippen molar-refractivity contribution in [3.8, 4) is 0 Å². The Morgan fingerprint density at radius 1 is 1.44 bits per heavy atom. The van der Waals surface area contributed by atoms with E-state index < -0.39 is 6.23 Å². The van der Waals surface area contributed by atoms with Gasteiger partial charge in [-0.3, -0.25) is 9.59 Å². The Bertz CT molecular complexity index is 475. The van der Waals surface area contributed by atoms with Gasteiger partial charge in [-0.25, -0.2) is 0 Å². The topological polar surface area (TPSA) is 57.6 Å². The van der Waals surface area contributed by atoms with Crippen LogP contribution in [0.1, 0.15) is 22.3 Å². The molecule has 0 bridgehead atoms. The number of Topliss-reactive ketones (excluding diaryl/α,β-unsaturated/α-hetero) is 1. The average molecular weight is 312 g/mol. The van der Waals surface area contributed by atoms with E-state index in [0.717, 1.165) is 5.56 Å². The highest BCUT2D eigenvalue weighted by atomic mass is 79.9. The van der Waals surface area contributed by atoms with Gasteiger partial charge in [0, 0.05) is 24.9 Å². The van der Waals surface area contributed by atoms with Gasteiger partial charge in [-0.05, 0) is 11.6 Å². The van der Waals surface area contributed by atoms with E-state index in [1.54, 1.807) is 12.1 Å². The van der Waals surface area contributed by atoms with Gasteiger partial charge in [-0.15, -0.1) is 0 Å². The summed E-state index contributed by atoms with van der Waals surface area (Å²) in [5.41, 5.74) is 1.48. The number of hydrogen-bond acceptors (Lipinski definition) is 3. The molecule has 1 aromatic carbocycles. The third-order valence-electron chi connectivity index (χ3n) is 3.05. The Hall–Kier alpha value is -1.20. The maximum atomic E-state index is 12.2. The molecule has 96 valence electrons. The third kappa shape index (κ3) is 2.62. The second-order valence-corrected chi connectivity index (χ2v) is 4.82. The van der Waals surface area contributed by atoms with Crippen molar-refractivity contribution in [1.82, 2.24) is 4.90 Å². The Labute approximate surface area is 114 Å². The predicted octanol–water partition coefficient (Wildman–Crippen LogP) is 1.36. The average Bonchev–Trinajstić information content (AvgIpc) is 2.38. The Balaban J connectivity index is 2.14. The normalized spacial score (nSPS) is 18.7. The van der Waals surface area contributed by atoms with E-state index in [2.05, 4.69) is 15.9 Å². The first-order valence-electron chi connectivity index (χ1n) is 5.78. The van der Waals surface area contributed by atoms with Crippen LogP contribution in [0, 0.1) is 0 Å². The third-order valence-corrected chi connectivity index (χ3v) is 3.68. The zero-order valence-electron chi connectivity index (χ0n) is 9.80. The Kier molecular flexibility index (Phi) is 4.14. The molecule has 0 fully saturated rings. The largest absolute Gasteiger partial charge is 0.373 e. The van der Waals surface area contributed by atoms with E-state index in [9.17, 15) is 14.7 Å². The second-order valence-electron chi connectivity index (χ2n) is 4.26. The molecule has 5 heteroatoms. The highest BCUT2D eigenvalue weighted by Gasteiger charge is 2.30. The molecular formula is C13H14BrNO3. The van der Waals surface area contributed by atoms with Gasteiger partial charge in [0.15, 0.2) is 0 Å². The fourth-order valence-electron chi connectivity index (χ4n) is 2.07. The highest BCUT2D eigenvalue weighted by molar-refractivity contribution is 9.09. The predicted molar refractivity (Wildman–Crippen MR) is 70.6 cm³/mol. The van der Waals surface area contributed by atoms with Gasteiger partial charge < -0.3 is 10.0 Å². The van der Waals surface area contributed by atoms with E-state index in [0.29, 0.717) is 12.0 Å². The van der Waals surface area contributed by atoms with Gasteiger partial charge in [0.1, 0.15) is 12.0 Å². The first-order valence-corrected chi connectivity index (χ1v) is 6.90. The lowest BCUT2D eigenvalue weighted by molar-refractivity contribution is -0.117. The molecule has 0 radical (unpaired) electrons. The number of aliphatic hydroxyl groups excluding tert-OH is 1. The number of alkyl halides is 1. The minimum atomic E-state index is -0.837. The lowest BCUT2D eigenvalue weighted by Gasteiger charge is -2.33. The molecule has 1 amide bonds. The number of carbonyl (C=O) groups excluding carboxylic acids is 2. The van der Waals surface area contributed by atoms with Gasteiger partial charge in [-0.2, -0.15) is 0 Å². The molecule has 0 aliphatic carbocycles. The summed E-state index contributed by atoms with van der Waals surface area (Å²) in [6, 6.07) is 7.25. The standard InChI is InChI=1S/C13H14BrNO3/c14-8-10(16)5-6-15-12(17)7-9-3-1-2-4-11(9)13(15)18/h1-4,12,17H,5-8H2. The molecule has 1 N–H and O–H groups in total. The van der Waals surface area contributed by atoms with Gasteiger partial charge in [0.2, 0.25) is 0 Å². The van der Waals surface area contributed by atoms with Crippen LogP contribution in [0.5, 0.6) is 0 Å². The fraction of sp³-hybridized carbons (Fsp3) is 0.385. The Morgan fingerprint density at radius 3 is 2.89 bits per heavy atom. The zero-order chi connectivity index (χ0) is 13.1. The maximum Gasteiger partial charge on any atom is 0.256 e. The van der Waals surface area contributed by atoms with E-state index in [4.69, 9.17) is 0 Å². The van der Waals surface area contributed by atoms with Crippen LogP contribution >= 0.6 is 15.9 Å². The molecule has 0 saturated carbocycles. The number of amides is 1. The lowest BCUT2D eigenvalue weighted by Crippen LogP contribution is -2.46. The van der Waals surface area contributed by atoms with Crippen molar-refractivity contribution >= 4 is 27.6 Å². The highest BCUT2D eigenvalue weighted by Crippen LogP contribution is 2.22. The molecule has 1 aromatic rings. The summed E-state index contributed by atoms with van der Waals surface area (Å²) < 4.78 is 0. The number of rotatable bonds is 4. The van der Waals surface area contributed by atoms with Crippen molar-refractivity contribution < 1.29 is 14.7 Å². The molecule has 0 spiro atoms. The molecule has 0 saturated heterocycles. The summed E-state index contributed by atoms with van der Waals surface area (Å²) in [5.74, 6) is -0.180.